The molecule has 1 aliphatic carbocycles. The van der Waals surface area contributed by atoms with Gasteiger partial charge in [-0.15, -0.1) is 0 Å². The van der Waals surface area contributed by atoms with Crippen molar-refractivity contribution in [3.63, 3.8) is 0 Å². The third kappa shape index (κ3) is 4.53. The molecule has 0 unspecified atom stereocenters. The average molecular weight is 474 g/mol. The lowest BCUT2D eigenvalue weighted by atomic mass is 9.94. The Morgan fingerprint density at radius 3 is 2.51 bits per heavy atom. The third-order valence-electron chi connectivity index (χ3n) is 6.93. The van der Waals surface area contributed by atoms with E-state index in [2.05, 4.69) is 12.1 Å². The first-order valence-electron chi connectivity index (χ1n) is 12.0. The summed E-state index contributed by atoms with van der Waals surface area (Å²) in [5, 5.41) is 0. The lowest BCUT2D eigenvalue weighted by Crippen LogP contribution is -2.27. The van der Waals surface area contributed by atoms with E-state index in [4.69, 9.17) is 9.47 Å². The molecule has 0 aromatic heterocycles. The molecule has 1 heterocycles. The summed E-state index contributed by atoms with van der Waals surface area (Å²) in [6, 6.07) is 18.8. The van der Waals surface area contributed by atoms with Crippen molar-refractivity contribution >= 4 is 11.9 Å². The van der Waals surface area contributed by atoms with E-state index >= 15 is 0 Å². The van der Waals surface area contributed by atoms with E-state index in [1.54, 1.807) is 25.0 Å². The van der Waals surface area contributed by atoms with Gasteiger partial charge < -0.3 is 14.4 Å². The maximum absolute atomic E-state index is 14.9. The van der Waals surface area contributed by atoms with Gasteiger partial charge >= 0.3 is 5.97 Å². The number of carbonyl (C=O) groups is 2. The number of carbonyl (C=O) groups excluding carboxylic acids is 2. The normalized spacial score (nSPS) is 18.2. The van der Waals surface area contributed by atoms with Gasteiger partial charge in [0.15, 0.2) is 0 Å². The number of nitrogens with zero attached hydrogens (tertiary/aromatic N) is 1. The number of hydrogen-bond donors (Lipinski definition) is 0. The van der Waals surface area contributed by atoms with Crippen LogP contribution in [0.25, 0.3) is 11.1 Å². The highest BCUT2D eigenvalue weighted by Gasteiger charge is 2.46. The van der Waals surface area contributed by atoms with Crippen LogP contribution in [0.3, 0.4) is 0 Å². The molecule has 1 aliphatic heterocycles. The lowest BCUT2D eigenvalue weighted by molar-refractivity contribution is -0.142. The number of ether oxygens (including phenoxy) is 2. The minimum absolute atomic E-state index is 0.0549. The summed E-state index contributed by atoms with van der Waals surface area (Å²) in [6.45, 7) is 2.71. The van der Waals surface area contributed by atoms with Crippen molar-refractivity contribution in [3.05, 3.63) is 88.7 Å². The van der Waals surface area contributed by atoms with Crippen LogP contribution in [-0.2, 0) is 33.8 Å². The van der Waals surface area contributed by atoms with Crippen molar-refractivity contribution in [2.45, 2.75) is 38.8 Å². The summed E-state index contributed by atoms with van der Waals surface area (Å²) >= 11 is 0. The van der Waals surface area contributed by atoms with Crippen LogP contribution < -0.4 is 4.74 Å². The molecule has 1 amide bonds. The van der Waals surface area contributed by atoms with Gasteiger partial charge in [0.1, 0.15) is 11.6 Å². The number of halogens is 1. The number of benzene rings is 3. The summed E-state index contributed by atoms with van der Waals surface area (Å²) in [4.78, 5) is 27.1. The summed E-state index contributed by atoms with van der Waals surface area (Å²) < 4.78 is 25.5. The van der Waals surface area contributed by atoms with E-state index in [0.717, 1.165) is 28.7 Å². The van der Waals surface area contributed by atoms with Gasteiger partial charge in [0.2, 0.25) is 5.91 Å². The van der Waals surface area contributed by atoms with Crippen LogP contribution in [0.4, 0.5) is 4.39 Å². The van der Waals surface area contributed by atoms with E-state index in [1.165, 1.54) is 11.6 Å². The van der Waals surface area contributed by atoms with Crippen LogP contribution in [0, 0.1) is 11.7 Å². The maximum atomic E-state index is 14.9. The van der Waals surface area contributed by atoms with Gasteiger partial charge in [0, 0.05) is 30.1 Å². The number of rotatable bonds is 7. The fraction of sp³-hybridized carbons (Fsp3) is 0.310. The minimum Gasteiger partial charge on any atom is -0.496 e. The zero-order valence-corrected chi connectivity index (χ0v) is 19.9. The Labute approximate surface area is 204 Å². The fourth-order valence-electron chi connectivity index (χ4n) is 5.09. The summed E-state index contributed by atoms with van der Waals surface area (Å²) in [5.74, 6) is 0.265. The first kappa shape index (κ1) is 23.1. The highest BCUT2D eigenvalue weighted by molar-refractivity contribution is 5.85. The molecule has 35 heavy (non-hydrogen) atoms. The zero-order valence-electron chi connectivity index (χ0n) is 19.9. The second-order valence-electron chi connectivity index (χ2n) is 9.12. The standard InChI is InChI=1S/C29H28FNO4/c1-3-35-28(32)14-18-9-12-27(34-2)22(13-18)20-10-11-26(30)25-17-31(16-24(20)25)29(33)23-15-21(23)19-7-5-4-6-8-19/h4-13,21,23H,3,14-17H2,1-2H3/t21-,23+/m0/s1. The zero-order chi connectivity index (χ0) is 24.5. The number of amides is 1. The van der Waals surface area contributed by atoms with E-state index in [1.807, 2.05) is 36.4 Å². The molecular formula is C29H28FNO4. The van der Waals surface area contributed by atoms with Gasteiger partial charge in [0.25, 0.3) is 0 Å². The van der Waals surface area contributed by atoms with Crippen LogP contribution in [0.1, 0.15) is 41.5 Å². The van der Waals surface area contributed by atoms with Gasteiger partial charge in [-0.1, -0.05) is 42.5 Å². The average Bonchev–Trinajstić information content (AvgIpc) is 3.54. The van der Waals surface area contributed by atoms with Crippen LogP contribution in [0.2, 0.25) is 0 Å². The van der Waals surface area contributed by atoms with Gasteiger partial charge in [0.05, 0.1) is 20.1 Å². The topological polar surface area (TPSA) is 55.8 Å². The smallest absolute Gasteiger partial charge is 0.310 e. The second kappa shape index (κ2) is 9.53. The molecule has 0 bridgehead atoms. The van der Waals surface area contributed by atoms with Crippen LogP contribution in [0.5, 0.6) is 5.75 Å². The van der Waals surface area contributed by atoms with Crippen LogP contribution in [-0.4, -0.2) is 30.5 Å². The molecule has 0 spiro atoms. The molecule has 2 atom stereocenters. The van der Waals surface area contributed by atoms with Crippen molar-refractivity contribution in [2.75, 3.05) is 13.7 Å². The number of hydrogen-bond acceptors (Lipinski definition) is 4. The number of fused-ring (bicyclic) bond motifs is 1. The molecule has 2 aliphatic rings. The van der Waals surface area contributed by atoms with Gasteiger partial charge in [-0.2, -0.15) is 0 Å². The molecule has 0 N–H and O–H groups in total. The molecule has 3 aromatic carbocycles. The van der Waals surface area contributed by atoms with E-state index in [9.17, 15) is 14.0 Å². The van der Waals surface area contributed by atoms with E-state index in [0.29, 0.717) is 24.5 Å². The molecule has 180 valence electrons. The minimum atomic E-state index is -0.309. The predicted molar refractivity (Wildman–Crippen MR) is 130 cm³/mol. The Kier molecular flexibility index (Phi) is 6.29. The highest BCUT2D eigenvalue weighted by Crippen LogP contribution is 2.49. The molecule has 0 saturated heterocycles. The molecule has 0 radical (unpaired) electrons. The van der Waals surface area contributed by atoms with Crippen molar-refractivity contribution in [1.82, 2.24) is 4.90 Å². The first-order valence-corrected chi connectivity index (χ1v) is 12.0. The van der Waals surface area contributed by atoms with Gasteiger partial charge in [-0.25, -0.2) is 4.39 Å². The summed E-state index contributed by atoms with van der Waals surface area (Å²) in [7, 11) is 1.58. The summed E-state index contributed by atoms with van der Waals surface area (Å²) in [5.41, 5.74) is 4.89. The van der Waals surface area contributed by atoms with E-state index in [-0.39, 0.29) is 42.5 Å². The van der Waals surface area contributed by atoms with Gasteiger partial charge in [-0.3, -0.25) is 9.59 Å². The number of esters is 1. The Morgan fingerprint density at radius 2 is 1.77 bits per heavy atom. The monoisotopic (exact) mass is 473 g/mol. The van der Waals surface area contributed by atoms with E-state index < -0.39 is 0 Å². The Hall–Kier alpha value is -3.67. The molecule has 3 aromatic rings. The first-order chi connectivity index (χ1) is 17.0. The largest absolute Gasteiger partial charge is 0.496 e. The SMILES string of the molecule is CCOC(=O)Cc1ccc(OC)c(-c2ccc(F)c3c2CN(C(=O)[C@@H]2C[C@H]2c2ccccc2)C3)c1. The molecule has 1 fully saturated rings. The second-order valence-corrected chi connectivity index (χ2v) is 9.12. The summed E-state index contributed by atoms with van der Waals surface area (Å²) in [6.07, 6.45) is 0.968. The fourth-order valence-corrected chi connectivity index (χ4v) is 5.09. The van der Waals surface area contributed by atoms with Crippen molar-refractivity contribution in [3.8, 4) is 16.9 Å². The quantitative estimate of drug-likeness (QED) is 0.440. The third-order valence-corrected chi connectivity index (χ3v) is 6.93. The molecular weight excluding hydrogens is 445 g/mol. The van der Waals surface area contributed by atoms with Crippen LogP contribution >= 0.6 is 0 Å². The molecule has 5 rings (SSSR count). The van der Waals surface area contributed by atoms with Crippen molar-refractivity contribution < 1.29 is 23.5 Å². The van der Waals surface area contributed by atoms with Gasteiger partial charge in [-0.05, 0) is 59.7 Å². The Bertz CT molecular complexity index is 1270. The Morgan fingerprint density at radius 1 is 1.00 bits per heavy atom. The highest BCUT2D eigenvalue weighted by atomic mass is 19.1. The molecule has 6 heteroatoms. The van der Waals surface area contributed by atoms with Crippen molar-refractivity contribution in [1.29, 1.82) is 0 Å². The van der Waals surface area contributed by atoms with Crippen LogP contribution in [0.15, 0.2) is 60.7 Å². The lowest BCUT2D eigenvalue weighted by Gasteiger charge is -2.16. The maximum Gasteiger partial charge on any atom is 0.310 e. The predicted octanol–water partition coefficient (Wildman–Crippen LogP) is 5.25. The Balaban J connectivity index is 1.42. The molecule has 5 nitrogen and oxygen atoms in total. The molecule has 1 saturated carbocycles. The van der Waals surface area contributed by atoms with Crippen molar-refractivity contribution in [2.24, 2.45) is 5.92 Å². The number of methoxy groups -OCH3 is 1.